The van der Waals surface area contributed by atoms with Gasteiger partial charge in [0.1, 0.15) is 12.1 Å². The molecule has 15 heavy (non-hydrogen) atoms. The number of urea groups is 1. The molecule has 0 aliphatic carbocycles. The van der Waals surface area contributed by atoms with E-state index >= 15 is 0 Å². The Kier molecular flexibility index (Phi) is 2.70. The molecule has 0 saturated carbocycles. The van der Waals surface area contributed by atoms with Crippen LogP contribution in [0.4, 0.5) is 4.79 Å². The van der Waals surface area contributed by atoms with Crippen molar-refractivity contribution in [3.63, 3.8) is 0 Å². The molecule has 0 bridgehead atoms. The first-order chi connectivity index (χ1) is 6.76. The smallest absolute Gasteiger partial charge is 0.320 e. The lowest BCUT2D eigenvalue weighted by Crippen LogP contribution is -2.66. The minimum Gasteiger partial charge on any atom is -0.331 e. The quantitative estimate of drug-likeness (QED) is 0.546. The van der Waals surface area contributed by atoms with Crippen LogP contribution in [0.5, 0.6) is 0 Å². The first-order valence-electron chi connectivity index (χ1n) is 4.60. The van der Waals surface area contributed by atoms with Crippen molar-refractivity contribution < 1.29 is 14.4 Å². The molecule has 0 aromatic heterocycles. The number of carbonyl (C=O) groups excluding carboxylic acids is 3. The molecule has 84 valence electrons. The predicted molar refractivity (Wildman–Crippen MR) is 53.0 cm³/mol. The van der Waals surface area contributed by atoms with Crippen LogP contribution in [0, 0.1) is 0 Å². The minimum atomic E-state index is -0.991. The number of hydrogen-bond donors (Lipinski definition) is 1. The number of amides is 4. The van der Waals surface area contributed by atoms with Crippen molar-refractivity contribution in [3.8, 4) is 0 Å². The van der Waals surface area contributed by atoms with Gasteiger partial charge in [-0.3, -0.25) is 14.9 Å². The lowest BCUT2D eigenvalue weighted by molar-refractivity contribution is -0.143. The maximum atomic E-state index is 11.7. The second kappa shape index (κ2) is 3.52. The van der Waals surface area contributed by atoms with Crippen LogP contribution in [-0.4, -0.2) is 53.8 Å². The van der Waals surface area contributed by atoms with Crippen LogP contribution in [0.3, 0.4) is 0 Å². The summed E-state index contributed by atoms with van der Waals surface area (Å²) < 4.78 is 0. The van der Waals surface area contributed by atoms with Crippen molar-refractivity contribution in [3.05, 3.63) is 0 Å². The Morgan fingerprint density at radius 2 is 1.93 bits per heavy atom. The number of carbonyl (C=O) groups is 3. The number of rotatable bonds is 0. The third kappa shape index (κ3) is 1.93. The second-order valence-electron chi connectivity index (χ2n) is 4.20. The molecule has 1 heterocycles. The van der Waals surface area contributed by atoms with Gasteiger partial charge < -0.3 is 9.80 Å². The average molecular weight is 213 g/mol. The molecule has 1 N–H and O–H groups in total. The van der Waals surface area contributed by atoms with Crippen LogP contribution >= 0.6 is 0 Å². The molecule has 1 fully saturated rings. The Morgan fingerprint density at radius 1 is 1.40 bits per heavy atom. The van der Waals surface area contributed by atoms with Gasteiger partial charge in [-0.2, -0.15) is 0 Å². The topological polar surface area (TPSA) is 69.7 Å². The summed E-state index contributed by atoms with van der Waals surface area (Å²) in [7, 11) is 3.16. The molecule has 1 aliphatic heterocycles. The fraction of sp³-hybridized carbons (Fsp3) is 0.667. The van der Waals surface area contributed by atoms with Gasteiger partial charge in [-0.15, -0.1) is 0 Å². The van der Waals surface area contributed by atoms with Gasteiger partial charge in [0.2, 0.25) is 5.91 Å². The van der Waals surface area contributed by atoms with Gasteiger partial charge in [-0.25, -0.2) is 4.79 Å². The maximum absolute atomic E-state index is 11.7. The van der Waals surface area contributed by atoms with Crippen LogP contribution in [-0.2, 0) is 9.59 Å². The van der Waals surface area contributed by atoms with E-state index < -0.39 is 17.4 Å². The molecule has 1 saturated heterocycles. The van der Waals surface area contributed by atoms with Gasteiger partial charge in [-0.1, -0.05) is 0 Å². The van der Waals surface area contributed by atoms with E-state index in [1.54, 1.807) is 27.9 Å². The van der Waals surface area contributed by atoms with E-state index in [0.29, 0.717) is 0 Å². The largest absolute Gasteiger partial charge is 0.331 e. The molecule has 1 rings (SSSR count). The van der Waals surface area contributed by atoms with Crippen LogP contribution in [0.2, 0.25) is 0 Å². The number of hydrogen-bond acceptors (Lipinski definition) is 3. The SMILES string of the molecule is CN(C)C(=O)N1CC(=O)NC(=O)C1(C)C. The van der Waals surface area contributed by atoms with E-state index in [0.717, 1.165) is 0 Å². The van der Waals surface area contributed by atoms with Crippen molar-refractivity contribution in [2.24, 2.45) is 0 Å². The Hall–Kier alpha value is -1.59. The van der Waals surface area contributed by atoms with Crippen molar-refractivity contribution in [2.45, 2.75) is 19.4 Å². The van der Waals surface area contributed by atoms with E-state index in [1.165, 1.54) is 9.80 Å². The molecule has 0 radical (unpaired) electrons. The second-order valence-corrected chi connectivity index (χ2v) is 4.20. The maximum Gasteiger partial charge on any atom is 0.320 e. The van der Waals surface area contributed by atoms with Crippen molar-refractivity contribution in [1.29, 1.82) is 0 Å². The lowest BCUT2D eigenvalue weighted by Gasteiger charge is -2.41. The van der Waals surface area contributed by atoms with E-state index in [-0.39, 0.29) is 12.6 Å². The van der Waals surface area contributed by atoms with Crippen molar-refractivity contribution in [2.75, 3.05) is 20.6 Å². The summed E-state index contributed by atoms with van der Waals surface area (Å²) in [5, 5.41) is 2.20. The third-order valence-electron chi connectivity index (χ3n) is 2.40. The van der Waals surface area contributed by atoms with E-state index in [2.05, 4.69) is 5.32 Å². The summed E-state index contributed by atoms with van der Waals surface area (Å²) in [6, 6.07) is -0.344. The normalized spacial score (nSPS) is 19.9. The number of imide groups is 1. The highest BCUT2D eigenvalue weighted by atomic mass is 16.2. The number of piperazine rings is 1. The zero-order chi connectivity index (χ0) is 11.8. The predicted octanol–water partition coefficient (Wildman–Crippen LogP) is -0.595. The van der Waals surface area contributed by atoms with Crippen molar-refractivity contribution >= 4 is 17.8 Å². The monoisotopic (exact) mass is 213 g/mol. The van der Waals surface area contributed by atoms with Gasteiger partial charge in [0.15, 0.2) is 0 Å². The van der Waals surface area contributed by atoms with Crippen LogP contribution in [0.25, 0.3) is 0 Å². The van der Waals surface area contributed by atoms with Gasteiger partial charge in [-0.05, 0) is 13.8 Å². The van der Waals surface area contributed by atoms with Gasteiger partial charge in [0.05, 0.1) is 0 Å². The summed E-state index contributed by atoms with van der Waals surface area (Å²) in [4.78, 5) is 37.0. The minimum absolute atomic E-state index is 0.0875. The molecular formula is C9H15N3O3. The summed E-state index contributed by atoms with van der Waals surface area (Å²) in [5.41, 5.74) is -0.991. The number of nitrogens with zero attached hydrogens (tertiary/aromatic N) is 2. The summed E-state index contributed by atoms with van der Waals surface area (Å²) >= 11 is 0. The fourth-order valence-corrected chi connectivity index (χ4v) is 1.33. The molecule has 6 nitrogen and oxygen atoms in total. The highest BCUT2D eigenvalue weighted by Gasteiger charge is 2.43. The zero-order valence-corrected chi connectivity index (χ0v) is 9.33. The van der Waals surface area contributed by atoms with Crippen LogP contribution in [0.15, 0.2) is 0 Å². The Balaban J connectivity index is 2.99. The summed E-state index contributed by atoms with van der Waals surface area (Å²) in [6.45, 7) is 3.13. The first-order valence-corrected chi connectivity index (χ1v) is 4.60. The summed E-state index contributed by atoms with van der Waals surface area (Å²) in [5.74, 6) is -0.900. The lowest BCUT2D eigenvalue weighted by atomic mass is 9.99. The van der Waals surface area contributed by atoms with E-state index in [9.17, 15) is 14.4 Å². The highest BCUT2D eigenvalue weighted by molar-refractivity contribution is 6.05. The standard InChI is InChI=1S/C9H15N3O3/c1-9(2)7(14)10-6(13)5-12(9)8(15)11(3)4/h5H2,1-4H3,(H,10,13,14). The molecule has 6 heteroatoms. The molecule has 0 unspecified atom stereocenters. The van der Waals surface area contributed by atoms with Gasteiger partial charge >= 0.3 is 6.03 Å². The fourth-order valence-electron chi connectivity index (χ4n) is 1.33. The first kappa shape index (κ1) is 11.5. The Bertz CT molecular complexity index is 323. The summed E-state index contributed by atoms with van der Waals surface area (Å²) in [6.07, 6.45) is 0. The van der Waals surface area contributed by atoms with Gasteiger partial charge in [0.25, 0.3) is 5.91 Å². The Morgan fingerprint density at radius 3 is 2.40 bits per heavy atom. The third-order valence-corrected chi connectivity index (χ3v) is 2.40. The Labute approximate surface area is 88.2 Å². The zero-order valence-electron chi connectivity index (χ0n) is 9.33. The molecule has 1 aliphatic rings. The molecule has 0 aromatic rings. The highest BCUT2D eigenvalue weighted by Crippen LogP contribution is 2.19. The number of nitrogens with one attached hydrogen (secondary N) is 1. The van der Waals surface area contributed by atoms with Gasteiger partial charge in [0, 0.05) is 14.1 Å². The van der Waals surface area contributed by atoms with Crippen LogP contribution < -0.4 is 5.32 Å². The molecule has 0 spiro atoms. The van der Waals surface area contributed by atoms with E-state index in [1.807, 2.05) is 0 Å². The van der Waals surface area contributed by atoms with E-state index in [4.69, 9.17) is 0 Å². The molecular weight excluding hydrogens is 198 g/mol. The molecule has 4 amide bonds. The molecule has 0 aromatic carbocycles. The van der Waals surface area contributed by atoms with Crippen LogP contribution in [0.1, 0.15) is 13.8 Å². The average Bonchev–Trinajstić information content (AvgIpc) is 2.10. The van der Waals surface area contributed by atoms with Crippen molar-refractivity contribution in [1.82, 2.24) is 15.1 Å². The molecule has 0 atom stereocenters.